The Hall–Kier alpha value is -4.26. The predicted molar refractivity (Wildman–Crippen MR) is 138 cm³/mol. The predicted octanol–water partition coefficient (Wildman–Crippen LogP) is 6.29. The van der Waals surface area contributed by atoms with E-state index < -0.39 is 0 Å². The summed E-state index contributed by atoms with van der Waals surface area (Å²) in [6, 6.07) is 13.7. The number of hydrogen-bond acceptors (Lipinski definition) is 5. The van der Waals surface area contributed by atoms with Crippen LogP contribution < -0.4 is 19.5 Å². The highest BCUT2D eigenvalue weighted by molar-refractivity contribution is 6.01. The molecule has 4 rings (SSSR count). The molecule has 0 saturated carbocycles. The summed E-state index contributed by atoms with van der Waals surface area (Å²) in [6.07, 6.45) is 3.24. The van der Waals surface area contributed by atoms with E-state index in [-0.39, 0.29) is 11.7 Å². The second kappa shape index (κ2) is 10.6. The molecular formula is C29H28FNO5. The summed E-state index contributed by atoms with van der Waals surface area (Å²) in [5.41, 5.74) is 5.64. The fraction of sp³-hybridized carbons (Fsp3) is 0.207. The maximum Gasteiger partial charge on any atom is 0.244 e. The molecule has 186 valence electrons. The molecule has 1 N–H and O–H groups in total. The van der Waals surface area contributed by atoms with E-state index in [4.69, 9.17) is 18.6 Å². The lowest BCUT2D eigenvalue weighted by Crippen LogP contribution is -2.20. The van der Waals surface area contributed by atoms with Gasteiger partial charge in [0, 0.05) is 34.7 Å². The van der Waals surface area contributed by atoms with Crippen LogP contribution in [0.15, 0.2) is 65.3 Å². The number of nitrogens with one attached hydrogen (secondary N) is 1. The van der Waals surface area contributed by atoms with Gasteiger partial charge in [-0.1, -0.05) is 18.2 Å². The first kappa shape index (κ1) is 24.9. The number of carbonyl (C=O) groups excluding carboxylic acids is 1. The lowest BCUT2D eigenvalue weighted by atomic mass is 9.96. The highest BCUT2D eigenvalue weighted by Crippen LogP contribution is 2.42. The van der Waals surface area contributed by atoms with Crippen molar-refractivity contribution < 1.29 is 27.8 Å². The van der Waals surface area contributed by atoms with Crippen molar-refractivity contribution in [1.82, 2.24) is 5.32 Å². The summed E-state index contributed by atoms with van der Waals surface area (Å²) in [6.45, 7) is 4.08. The molecule has 1 amide bonds. The van der Waals surface area contributed by atoms with E-state index in [2.05, 4.69) is 5.32 Å². The first-order chi connectivity index (χ1) is 17.4. The number of fused-ring (bicyclic) bond motifs is 1. The number of furan rings is 1. The summed E-state index contributed by atoms with van der Waals surface area (Å²) in [5.74, 6) is 1.31. The van der Waals surface area contributed by atoms with Crippen LogP contribution in [0.2, 0.25) is 0 Å². The number of halogens is 1. The van der Waals surface area contributed by atoms with Crippen LogP contribution in [-0.4, -0.2) is 27.2 Å². The van der Waals surface area contributed by atoms with Gasteiger partial charge in [-0.2, -0.15) is 0 Å². The molecule has 0 fully saturated rings. The molecule has 0 spiro atoms. The van der Waals surface area contributed by atoms with E-state index in [0.29, 0.717) is 29.4 Å². The van der Waals surface area contributed by atoms with Crippen molar-refractivity contribution in [1.29, 1.82) is 0 Å². The van der Waals surface area contributed by atoms with Gasteiger partial charge in [0.1, 0.15) is 17.1 Å². The van der Waals surface area contributed by atoms with Crippen LogP contribution in [0.5, 0.6) is 17.2 Å². The molecule has 0 atom stereocenters. The molecule has 1 heterocycles. The fourth-order valence-corrected chi connectivity index (χ4v) is 4.22. The van der Waals surface area contributed by atoms with Crippen molar-refractivity contribution in [3.8, 4) is 28.4 Å². The van der Waals surface area contributed by atoms with E-state index >= 15 is 0 Å². The van der Waals surface area contributed by atoms with Gasteiger partial charge in [-0.3, -0.25) is 4.79 Å². The number of aryl methyl sites for hydroxylation is 1. The van der Waals surface area contributed by atoms with Crippen LogP contribution in [0.1, 0.15) is 23.6 Å². The Kier molecular flexibility index (Phi) is 7.29. The number of carbonyl (C=O) groups is 1. The molecule has 0 radical (unpaired) electrons. The quantitative estimate of drug-likeness (QED) is 0.295. The first-order valence-corrected chi connectivity index (χ1v) is 11.4. The molecule has 7 heteroatoms. The van der Waals surface area contributed by atoms with Crippen molar-refractivity contribution in [3.05, 3.63) is 83.4 Å². The van der Waals surface area contributed by atoms with Crippen LogP contribution >= 0.6 is 0 Å². The fourth-order valence-electron chi connectivity index (χ4n) is 4.22. The minimum absolute atomic E-state index is 0.260. The smallest absolute Gasteiger partial charge is 0.244 e. The Morgan fingerprint density at radius 2 is 1.72 bits per heavy atom. The molecule has 0 saturated heterocycles. The standard InChI is InChI=1S/C29H28FNO5/c1-17(12-27(32)31-15-19-6-9-21(30)10-7-19)22-14-23-24(16-36-29(23)18(2)28(22)35-5)20-8-11-25(33-3)26(13-20)34-4/h6-14,16H,15H2,1-5H3,(H,31,32)/b17-12+. The van der Waals surface area contributed by atoms with Gasteiger partial charge in [-0.05, 0) is 60.9 Å². The Labute approximate surface area is 209 Å². The zero-order valence-corrected chi connectivity index (χ0v) is 20.9. The largest absolute Gasteiger partial charge is 0.496 e. The minimum Gasteiger partial charge on any atom is -0.496 e. The van der Waals surface area contributed by atoms with E-state index in [1.54, 1.807) is 39.7 Å². The highest BCUT2D eigenvalue weighted by Gasteiger charge is 2.19. The van der Waals surface area contributed by atoms with Gasteiger partial charge in [0.25, 0.3) is 0 Å². The number of amides is 1. The average Bonchev–Trinajstić information content (AvgIpc) is 3.32. The topological polar surface area (TPSA) is 69.9 Å². The number of hydrogen-bond donors (Lipinski definition) is 1. The molecule has 1 aromatic heterocycles. The Morgan fingerprint density at radius 1 is 1.00 bits per heavy atom. The van der Waals surface area contributed by atoms with E-state index in [0.717, 1.165) is 38.8 Å². The summed E-state index contributed by atoms with van der Waals surface area (Å²) < 4.78 is 35.6. The van der Waals surface area contributed by atoms with Crippen LogP contribution in [-0.2, 0) is 11.3 Å². The maximum absolute atomic E-state index is 13.1. The molecule has 0 unspecified atom stereocenters. The van der Waals surface area contributed by atoms with Gasteiger partial charge in [0.05, 0.1) is 27.6 Å². The number of rotatable bonds is 8. The minimum atomic E-state index is -0.314. The average molecular weight is 490 g/mol. The monoisotopic (exact) mass is 489 g/mol. The van der Waals surface area contributed by atoms with Crippen LogP contribution in [0, 0.1) is 12.7 Å². The van der Waals surface area contributed by atoms with Gasteiger partial charge in [0.15, 0.2) is 11.5 Å². The molecule has 4 aromatic rings. The summed E-state index contributed by atoms with van der Waals surface area (Å²) in [7, 11) is 4.78. The number of methoxy groups -OCH3 is 3. The molecular weight excluding hydrogens is 461 g/mol. The third-order valence-electron chi connectivity index (χ3n) is 6.10. The van der Waals surface area contributed by atoms with E-state index in [1.807, 2.05) is 38.1 Å². The Balaban J connectivity index is 1.70. The van der Waals surface area contributed by atoms with Gasteiger partial charge in [-0.25, -0.2) is 4.39 Å². The lowest BCUT2D eigenvalue weighted by molar-refractivity contribution is -0.116. The maximum atomic E-state index is 13.1. The molecule has 3 aromatic carbocycles. The lowest BCUT2D eigenvalue weighted by Gasteiger charge is -2.14. The van der Waals surface area contributed by atoms with Crippen molar-refractivity contribution >= 4 is 22.4 Å². The van der Waals surface area contributed by atoms with Crippen molar-refractivity contribution in [3.63, 3.8) is 0 Å². The Morgan fingerprint density at radius 3 is 2.39 bits per heavy atom. The molecule has 36 heavy (non-hydrogen) atoms. The number of allylic oxidation sites excluding steroid dienone is 1. The second-order valence-corrected chi connectivity index (χ2v) is 8.35. The van der Waals surface area contributed by atoms with E-state index in [9.17, 15) is 9.18 Å². The number of ether oxygens (including phenoxy) is 3. The van der Waals surface area contributed by atoms with Gasteiger partial charge in [-0.15, -0.1) is 0 Å². The van der Waals surface area contributed by atoms with Crippen molar-refractivity contribution in [2.45, 2.75) is 20.4 Å². The van der Waals surface area contributed by atoms with Crippen molar-refractivity contribution in [2.75, 3.05) is 21.3 Å². The first-order valence-electron chi connectivity index (χ1n) is 11.4. The third-order valence-corrected chi connectivity index (χ3v) is 6.10. The van der Waals surface area contributed by atoms with E-state index in [1.165, 1.54) is 18.2 Å². The summed E-state index contributed by atoms with van der Waals surface area (Å²) in [4.78, 5) is 12.6. The summed E-state index contributed by atoms with van der Waals surface area (Å²) >= 11 is 0. The van der Waals surface area contributed by atoms with Crippen LogP contribution in [0.25, 0.3) is 27.7 Å². The van der Waals surface area contributed by atoms with Gasteiger partial charge >= 0.3 is 0 Å². The molecule has 0 aliphatic carbocycles. The second-order valence-electron chi connectivity index (χ2n) is 8.35. The normalized spacial score (nSPS) is 11.4. The zero-order valence-electron chi connectivity index (χ0n) is 20.9. The SMILES string of the molecule is COc1ccc(-c2coc3c(C)c(OC)c(/C(C)=C/C(=O)NCc4ccc(F)cc4)cc23)cc1OC. The molecule has 6 nitrogen and oxygen atoms in total. The van der Waals surface area contributed by atoms with Crippen LogP contribution in [0.3, 0.4) is 0 Å². The van der Waals surface area contributed by atoms with Crippen molar-refractivity contribution in [2.24, 2.45) is 0 Å². The number of benzene rings is 3. The third kappa shape index (κ3) is 4.91. The zero-order chi connectivity index (χ0) is 25.8. The summed E-state index contributed by atoms with van der Waals surface area (Å²) in [5, 5.41) is 3.73. The van der Waals surface area contributed by atoms with Gasteiger partial charge < -0.3 is 23.9 Å². The molecule has 0 aliphatic heterocycles. The molecule has 0 bridgehead atoms. The van der Waals surface area contributed by atoms with Gasteiger partial charge in [0.2, 0.25) is 5.91 Å². The van der Waals surface area contributed by atoms with Crippen LogP contribution in [0.4, 0.5) is 4.39 Å². The molecule has 0 aliphatic rings. The Bertz CT molecular complexity index is 1440. The highest BCUT2D eigenvalue weighted by atomic mass is 19.1.